The number of fused-ring (bicyclic) bond motifs is 2. The molecule has 3 aromatic carbocycles. The third-order valence-electron chi connectivity index (χ3n) is 6.54. The number of hydrogen-bond acceptors (Lipinski definition) is 3. The van der Waals surface area contributed by atoms with Crippen LogP contribution in [0.2, 0.25) is 0 Å². The molecule has 1 aromatic heterocycles. The Bertz CT molecular complexity index is 1360. The van der Waals surface area contributed by atoms with Crippen molar-refractivity contribution in [2.24, 2.45) is 0 Å². The highest BCUT2D eigenvalue weighted by atomic mass is 32.1. The maximum Gasteiger partial charge on any atom is 0.258 e. The predicted octanol–water partition coefficient (Wildman–Crippen LogP) is 6.01. The SMILES string of the molecule is Cc1sccc1CC(=O)N(C)c1ccc(C(=O)N2Cc3ccccc3Cc3ccccc32)cc1. The van der Waals surface area contributed by atoms with Gasteiger partial charge < -0.3 is 9.80 Å². The second kappa shape index (κ2) is 9.27. The fourth-order valence-electron chi connectivity index (χ4n) is 4.45. The van der Waals surface area contributed by atoms with Gasteiger partial charge in [-0.15, -0.1) is 11.3 Å². The fraction of sp³-hybridized carbons (Fsp3) is 0.172. The van der Waals surface area contributed by atoms with Crippen LogP contribution in [0.25, 0.3) is 0 Å². The van der Waals surface area contributed by atoms with Crippen LogP contribution in [0.5, 0.6) is 0 Å². The second-order valence-electron chi connectivity index (χ2n) is 8.64. The van der Waals surface area contributed by atoms with Gasteiger partial charge in [0, 0.05) is 28.9 Å². The topological polar surface area (TPSA) is 40.6 Å². The summed E-state index contributed by atoms with van der Waals surface area (Å²) in [5, 5.41) is 2.01. The summed E-state index contributed by atoms with van der Waals surface area (Å²) in [7, 11) is 1.78. The van der Waals surface area contributed by atoms with E-state index in [1.54, 1.807) is 23.3 Å². The molecule has 0 atom stereocenters. The van der Waals surface area contributed by atoms with E-state index < -0.39 is 0 Å². The van der Waals surface area contributed by atoms with Gasteiger partial charge in [0.05, 0.1) is 13.0 Å². The minimum absolute atomic E-state index is 0.0265. The molecule has 1 aliphatic heterocycles. The van der Waals surface area contributed by atoms with Crippen LogP contribution in [0.4, 0.5) is 11.4 Å². The van der Waals surface area contributed by atoms with E-state index in [0.29, 0.717) is 18.5 Å². The first-order valence-electron chi connectivity index (χ1n) is 11.4. The van der Waals surface area contributed by atoms with Crippen LogP contribution in [-0.2, 0) is 24.2 Å². The lowest BCUT2D eigenvalue weighted by Crippen LogP contribution is -2.31. The summed E-state index contributed by atoms with van der Waals surface area (Å²) in [6.07, 6.45) is 1.18. The number of amides is 2. The third kappa shape index (κ3) is 4.27. The largest absolute Gasteiger partial charge is 0.315 e. The van der Waals surface area contributed by atoms with Gasteiger partial charge in [-0.25, -0.2) is 0 Å². The van der Waals surface area contributed by atoms with Crippen LogP contribution < -0.4 is 9.80 Å². The third-order valence-corrected chi connectivity index (χ3v) is 7.43. The van der Waals surface area contributed by atoms with E-state index in [1.165, 1.54) is 10.4 Å². The second-order valence-corrected chi connectivity index (χ2v) is 9.76. The Morgan fingerprint density at radius 2 is 1.56 bits per heavy atom. The molecule has 34 heavy (non-hydrogen) atoms. The van der Waals surface area contributed by atoms with Gasteiger partial charge in [-0.05, 0) is 77.4 Å². The monoisotopic (exact) mass is 466 g/mol. The van der Waals surface area contributed by atoms with Gasteiger partial charge in [0.15, 0.2) is 0 Å². The molecule has 0 spiro atoms. The fourth-order valence-corrected chi connectivity index (χ4v) is 5.18. The highest BCUT2D eigenvalue weighted by Crippen LogP contribution is 2.32. The average Bonchev–Trinajstić information content (AvgIpc) is 3.18. The lowest BCUT2D eigenvalue weighted by atomic mass is 10.0. The molecule has 5 heteroatoms. The molecule has 0 fully saturated rings. The Hall–Kier alpha value is -3.70. The average molecular weight is 467 g/mol. The standard InChI is InChI=1S/C29H26N2O2S/c1-20-22(15-16-34-20)18-28(32)30(2)26-13-11-21(12-14-26)29(33)31-19-25-9-4-3-7-23(25)17-24-8-5-6-10-27(24)31/h3-16H,17-19H2,1-2H3. The minimum atomic E-state index is -0.0430. The number of thiophene rings is 1. The Morgan fingerprint density at radius 3 is 2.26 bits per heavy atom. The molecule has 1 aliphatic rings. The van der Waals surface area contributed by atoms with Gasteiger partial charge in [0.2, 0.25) is 5.91 Å². The van der Waals surface area contributed by atoms with Crippen molar-refractivity contribution in [3.8, 4) is 0 Å². The Kier molecular flexibility index (Phi) is 6.03. The first-order valence-corrected chi connectivity index (χ1v) is 12.3. The number of aryl methyl sites for hydroxylation is 1. The van der Waals surface area contributed by atoms with Gasteiger partial charge in [0.25, 0.3) is 5.91 Å². The van der Waals surface area contributed by atoms with E-state index in [1.807, 2.05) is 71.8 Å². The zero-order chi connectivity index (χ0) is 23.7. The van der Waals surface area contributed by atoms with Gasteiger partial charge >= 0.3 is 0 Å². The highest BCUT2D eigenvalue weighted by molar-refractivity contribution is 7.10. The molecule has 2 amide bonds. The number of likely N-dealkylation sites (N-methyl/N-ethyl adjacent to an activating group) is 1. The van der Waals surface area contributed by atoms with E-state index in [-0.39, 0.29) is 11.8 Å². The predicted molar refractivity (Wildman–Crippen MR) is 139 cm³/mol. The zero-order valence-corrected chi connectivity index (χ0v) is 20.1. The van der Waals surface area contributed by atoms with Crippen molar-refractivity contribution in [1.82, 2.24) is 0 Å². The van der Waals surface area contributed by atoms with Crippen LogP contribution in [0.1, 0.15) is 37.5 Å². The van der Waals surface area contributed by atoms with Crippen LogP contribution in [0, 0.1) is 6.92 Å². The van der Waals surface area contributed by atoms with Crippen LogP contribution in [0.3, 0.4) is 0 Å². The summed E-state index contributed by atoms with van der Waals surface area (Å²) in [5.41, 5.74) is 6.95. The molecule has 0 bridgehead atoms. The highest BCUT2D eigenvalue weighted by Gasteiger charge is 2.25. The Balaban J connectivity index is 1.39. The van der Waals surface area contributed by atoms with Crippen molar-refractivity contribution in [2.75, 3.05) is 16.8 Å². The van der Waals surface area contributed by atoms with Crippen molar-refractivity contribution in [2.45, 2.75) is 26.3 Å². The van der Waals surface area contributed by atoms with E-state index in [2.05, 4.69) is 24.3 Å². The summed E-state index contributed by atoms with van der Waals surface area (Å²) >= 11 is 1.65. The molecule has 170 valence electrons. The number of carbonyl (C=O) groups excluding carboxylic acids is 2. The molecule has 0 N–H and O–H groups in total. The molecule has 5 rings (SSSR count). The minimum Gasteiger partial charge on any atom is -0.315 e. The molecule has 0 saturated carbocycles. The molecule has 0 saturated heterocycles. The first-order chi connectivity index (χ1) is 16.5. The maximum atomic E-state index is 13.6. The Morgan fingerprint density at radius 1 is 0.882 bits per heavy atom. The molecular formula is C29H26N2O2S. The van der Waals surface area contributed by atoms with Gasteiger partial charge in [0.1, 0.15) is 0 Å². The Labute approximate surface area is 204 Å². The number of para-hydroxylation sites is 1. The van der Waals surface area contributed by atoms with Gasteiger partial charge in [-0.3, -0.25) is 9.59 Å². The molecule has 0 radical (unpaired) electrons. The number of carbonyl (C=O) groups is 2. The number of nitrogens with zero attached hydrogens (tertiary/aromatic N) is 2. The van der Waals surface area contributed by atoms with Crippen molar-refractivity contribution in [3.63, 3.8) is 0 Å². The zero-order valence-electron chi connectivity index (χ0n) is 19.3. The van der Waals surface area contributed by atoms with Crippen molar-refractivity contribution >= 4 is 34.5 Å². The molecule has 0 unspecified atom stereocenters. The molecule has 4 nitrogen and oxygen atoms in total. The van der Waals surface area contributed by atoms with Gasteiger partial charge in [-0.2, -0.15) is 0 Å². The summed E-state index contributed by atoms with van der Waals surface area (Å²) in [6.45, 7) is 2.57. The molecule has 2 heterocycles. The van der Waals surface area contributed by atoms with E-state index in [9.17, 15) is 9.59 Å². The number of anilines is 2. The summed E-state index contributed by atoms with van der Waals surface area (Å²) < 4.78 is 0. The van der Waals surface area contributed by atoms with E-state index in [4.69, 9.17) is 0 Å². The van der Waals surface area contributed by atoms with Gasteiger partial charge in [-0.1, -0.05) is 42.5 Å². The lowest BCUT2D eigenvalue weighted by molar-refractivity contribution is -0.117. The van der Waals surface area contributed by atoms with Crippen LogP contribution in [0.15, 0.2) is 84.2 Å². The maximum absolute atomic E-state index is 13.6. The molecule has 0 aliphatic carbocycles. The van der Waals surface area contributed by atoms with Crippen molar-refractivity contribution < 1.29 is 9.59 Å². The van der Waals surface area contributed by atoms with Crippen LogP contribution >= 0.6 is 11.3 Å². The summed E-state index contributed by atoms with van der Waals surface area (Å²) in [4.78, 5) is 31.1. The summed E-state index contributed by atoms with van der Waals surface area (Å²) in [6, 6.07) is 25.8. The van der Waals surface area contributed by atoms with Crippen molar-refractivity contribution in [3.05, 3.63) is 117 Å². The number of rotatable bonds is 4. The van der Waals surface area contributed by atoms with E-state index >= 15 is 0 Å². The number of benzene rings is 3. The first kappa shape index (κ1) is 22.1. The normalized spacial score (nSPS) is 12.5. The van der Waals surface area contributed by atoms with Crippen molar-refractivity contribution in [1.29, 1.82) is 0 Å². The van der Waals surface area contributed by atoms with Crippen LogP contribution in [-0.4, -0.2) is 18.9 Å². The summed E-state index contributed by atoms with van der Waals surface area (Å²) in [5.74, 6) is -0.0165. The number of hydrogen-bond donors (Lipinski definition) is 0. The smallest absolute Gasteiger partial charge is 0.258 e. The lowest BCUT2D eigenvalue weighted by Gasteiger charge is -2.24. The molecular weight excluding hydrogens is 440 g/mol. The van der Waals surface area contributed by atoms with E-state index in [0.717, 1.165) is 34.5 Å². The molecule has 4 aromatic rings. The quantitative estimate of drug-likeness (QED) is 0.369.